The predicted molar refractivity (Wildman–Crippen MR) is 159 cm³/mol. The Labute approximate surface area is 247 Å². The number of nitrogens with one attached hydrogen (secondary N) is 1. The molecular formula is C33H42F3N3O3. The molecule has 1 aliphatic heterocycles. The lowest BCUT2D eigenvalue weighted by atomic mass is 9.86. The molecule has 0 spiro atoms. The molecule has 1 saturated heterocycles. The number of hydrogen-bond donors (Lipinski definition) is 1. The van der Waals surface area contributed by atoms with Crippen molar-refractivity contribution in [1.82, 2.24) is 15.1 Å². The molecule has 1 N–H and O–H groups in total. The van der Waals surface area contributed by atoms with E-state index in [0.29, 0.717) is 31.5 Å². The van der Waals surface area contributed by atoms with Gasteiger partial charge >= 0.3 is 6.36 Å². The van der Waals surface area contributed by atoms with Crippen LogP contribution in [-0.2, 0) is 21.4 Å². The molecule has 0 aromatic heterocycles. The van der Waals surface area contributed by atoms with Crippen molar-refractivity contribution in [2.24, 2.45) is 0 Å². The molecule has 3 rings (SSSR count). The van der Waals surface area contributed by atoms with Crippen molar-refractivity contribution in [3.63, 3.8) is 0 Å². The number of amides is 2. The van der Waals surface area contributed by atoms with E-state index in [1.165, 1.54) is 17.7 Å². The van der Waals surface area contributed by atoms with Gasteiger partial charge in [-0.1, -0.05) is 89.2 Å². The Hall–Kier alpha value is -3.59. The maximum atomic E-state index is 13.7. The largest absolute Gasteiger partial charge is 0.573 e. The standard InChI is InChI=1S/C33H42F3N3O3/c1-7-8-9-10-23(2)29(40)37-21-19-28-31(41)39(22-20-24-11-17-27(18-12-24)42-33(34,35)36)30(38(28)6)25-13-15-26(16-14-25)32(3,4)5/h9-18,28,30H,2,7-8,19-22H2,1,3-6H3,(H,37,40)/b10-9-/t28-,30?/m0/s1. The number of allylic oxidation sites excluding steroid dienone is 1. The van der Waals surface area contributed by atoms with Crippen LogP contribution in [0.1, 0.15) is 69.8 Å². The summed E-state index contributed by atoms with van der Waals surface area (Å²) in [6, 6.07) is 13.5. The summed E-state index contributed by atoms with van der Waals surface area (Å²) in [7, 11) is 1.91. The summed E-state index contributed by atoms with van der Waals surface area (Å²) < 4.78 is 41.6. The number of alkyl halides is 3. The number of nitrogens with zero attached hydrogens (tertiary/aromatic N) is 2. The van der Waals surface area contributed by atoms with E-state index in [1.807, 2.05) is 35.1 Å². The number of rotatable bonds is 12. The quantitative estimate of drug-likeness (QED) is 0.223. The summed E-state index contributed by atoms with van der Waals surface area (Å²) in [5.41, 5.74) is 3.28. The minimum Gasteiger partial charge on any atom is -0.406 e. The van der Waals surface area contributed by atoms with Crippen LogP contribution in [0, 0.1) is 0 Å². The second-order valence-corrected chi connectivity index (χ2v) is 11.7. The van der Waals surface area contributed by atoms with Gasteiger partial charge in [0.2, 0.25) is 5.91 Å². The van der Waals surface area contributed by atoms with E-state index in [1.54, 1.807) is 18.2 Å². The fraction of sp³-hybridized carbons (Fsp3) is 0.455. The van der Waals surface area contributed by atoms with Crippen LogP contribution < -0.4 is 10.1 Å². The monoisotopic (exact) mass is 585 g/mol. The molecule has 1 unspecified atom stereocenters. The van der Waals surface area contributed by atoms with Crippen LogP contribution in [0.15, 0.2) is 72.8 Å². The van der Waals surface area contributed by atoms with Crippen molar-refractivity contribution >= 4 is 11.8 Å². The maximum Gasteiger partial charge on any atom is 0.573 e. The summed E-state index contributed by atoms with van der Waals surface area (Å²) in [6.45, 7) is 13.0. The number of benzene rings is 2. The molecule has 1 aliphatic rings. The van der Waals surface area contributed by atoms with E-state index < -0.39 is 12.4 Å². The lowest BCUT2D eigenvalue weighted by Crippen LogP contribution is -2.36. The number of carbonyl (C=O) groups is 2. The van der Waals surface area contributed by atoms with Gasteiger partial charge in [0.1, 0.15) is 11.9 Å². The van der Waals surface area contributed by atoms with Crippen LogP contribution in [0.2, 0.25) is 0 Å². The molecule has 42 heavy (non-hydrogen) atoms. The number of hydrogen-bond acceptors (Lipinski definition) is 4. The molecule has 2 amide bonds. The molecule has 1 heterocycles. The first-order chi connectivity index (χ1) is 19.7. The lowest BCUT2D eigenvalue weighted by molar-refractivity contribution is -0.274. The Morgan fingerprint density at radius 2 is 1.71 bits per heavy atom. The second-order valence-electron chi connectivity index (χ2n) is 11.7. The molecular weight excluding hydrogens is 543 g/mol. The number of ether oxygens (including phenoxy) is 1. The number of carbonyl (C=O) groups excluding carboxylic acids is 2. The molecule has 2 aromatic carbocycles. The van der Waals surface area contributed by atoms with Gasteiger partial charge in [-0.3, -0.25) is 14.5 Å². The Morgan fingerprint density at radius 1 is 1.07 bits per heavy atom. The highest BCUT2D eigenvalue weighted by atomic mass is 19.4. The van der Waals surface area contributed by atoms with E-state index in [4.69, 9.17) is 0 Å². The first kappa shape index (κ1) is 32.9. The fourth-order valence-corrected chi connectivity index (χ4v) is 5.02. The molecule has 228 valence electrons. The van der Waals surface area contributed by atoms with E-state index in [9.17, 15) is 22.8 Å². The van der Waals surface area contributed by atoms with Crippen molar-refractivity contribution < 1.29 is 27.5 Å². The van der Waals surface area contributed by atoms with Gasteiger partial charge in [-0.15, -0.1) is 13.2 Å². The number of halogens is 3. The molecule has 0 radical (unpaired) electrons. The van der Waals surface area contributed by atoms with E-state index >= 15 is 0 Å². The maximum absolute atomic E-state index is 13.7. The van der Waals surface area contributed by atoms with Crippen molar-refractivity contribution in [2.75, 3.05) is 20.1 Å². The fourth-order valence-electron chi connectivity index (χ4n) is 5.02. The first-order valence-corrected chi connectivity index (χ1v) is 14.3. The normalized spacial score (nSPS) is 18.1. The van der Waals surface area contributed by atoms with Gasteiger partial charge in [-0.25, -0.2) is 0 Å². The van der Waals surface area contributed by atoms with Gasteiger partial charge in [-0.2, -0.15) is 0 Å². The zero-order chi connectivity index (χ0) is 31.1. The lowest BCUT2D eigenvalue weighted by Gasteiger charge is -2.30. The van der Waals surface area contributed by atoms with E-state index in [2.05, 4.69) is 56.5 Å². The van der Waals surface area contributed by atoms with Crippen molar-refractivity contribution in [3.8, 4) is 5.75 Å². The second kappa shape index (κ2) is 14.1. The van der Waals surface area contributed by atoms with E-state index in [-0.39, 0.29) is 29.1 Å². The molecule has 0 saturated carbocycles. The third-order valence-electron chi connectivity index (χ3n) is 7.38. The van der Waals surface area contributed by atoms with Gasteiger partial charge in [0.05, 0.1) is 6.04 Å². The zero-order valence-electron chi connectivity index (χ0n) is 25.1. The minimum atomic E-state index is -4.75. The van der Waals surface area contributed by atoms with E-state index in [0.717, 1.165) is 24.0 Å². The molecule has 0 aliphatic carbocycles. The van der Waals surface area contributed by atoms with Crippen LogP contribution in [0.3, 0.4) is 0 Å². The van der Waals surface area contributed by atoms with Gasteiger partial charge in [0.15, 0.2) is 0 Å². The first-order valence-electron chi connectivity index (χ1n) is 14.3. The van der Waals surface area contributed by atoms with Crippen LogP contribution >= 0.6 is 0 Å². The molecule has 2 atom stereocenters. The van der Waals surface area contributed by atoms with Gasteiger partial charge in [0, 0.05) is 18.7 Å². The molecule has 2 aromatic rings. The van der Waals surface area contributed by atoms with Crippen LogP contribution in [-0.4, -0.2) is 54.2 Å². The highest BCUT2D eigenvalue weighted by Crippen LogP contribution is 2.35. The van der Waals surface area contributed by atoms with Crippen molar-refractivity contribution in [2.45, 2.75) is 77.4 Å². The Balaban J connectivity index is 1.75. The summed E-state index contributed by atoms with van der Waals surface area (Å²) >= 11 is 0. The minimum absolute atomic E-state index is 0.0198. The predicted octanol–water partition coefficient (Wildman–Crippen LogP) is 6.69. The van der Waals surface area contributed by atoms with Gasteiger partial charge in [-0.05, 0) is 60.5 Å². The number of unbranched alkanes of at least 4 members (excludes halogenated alkanes) is 1. The Morgan fingerprint density at radius 3 is 2.29 bits per heavy atom. The molecule has 9 heteroatoms. The molecule has 1 fully saturated rings. The topological polar surface area (TPSA) is 61.9 Å². The summed E-state index contributed by atoms with van der Waals surface area (Å²) in [5, 5.41) is 2.87. The van der Waals surface area contributed by atoms with Crippen molar-refractivity contribution in [3.05, 3.63) is 89.5 Å². The van der Waals surface area contributed by atoms with Crippen LogP contribution in [0.4, 0.5) is 13.2 Å². The van der Waals surface area contributed by atoms with Crippen LogP contribution in [0.25, 0.3) is 0 Å². The molecule has 0 bridgehead atoms. The average Bonchev–Trinajstić information content (AvgIpc) is 3.15. The SMILES string of the molecule is C=C(/C=C\CCC)C(=O)NCC[C@H]1C(=O)N(CCc2ccc(OC(F)(F)F)cc2)C(c2ccc(C(C)(C)C)cc2)N1C. The number of likely N-dealkylation sites (N-methyl/N-ethyl adjacent to an activating group) is 1. The summed E-state index contributed by atoms with van der Waals surface area (Å²) in [4.78, 5) is 30.0. The third kappa shape index (κ3) is 8.95. The smallest absolute Gasteiger partial charge is 0.406 e. The Bertz CT molecular complexity index is 1250. The van der Waals surface area contributed by atoms with Gasteiger partial charge < -0.3 is 15.0 Å². The van der Waals surface area contributed by atoms with Crippen LogP contribution in [0.5, 0.6) is 5.75 Å². The summed E-state index contributed by atoms with van der Waals surface area (Å²) in [5.74, 6) is -0.611. The van der Waals surface area contributed by atoms with Gasteiger partial charge in [0.25, 0.3) is 5.91 Å². The highest BCUT2D eigenvalue weighted by Gasteiger charge is 2.44. The average molecular weight is 586 g/mol. The van der Waals surface area contributed by atoms with Crippen molar-refractivity contribution in [1.29, 1.82) is 0 Å². The Kier molecular flexibility index (Phi) is 11.0. The highest BCUT2D eigenvalue weighted by molar-refractivity contribution is 5.95. The third-order valence-corrected chi connectivity index (χ3v) is 7.38. The summed E-state index contributed by atoms with van der Waals surface area (Å²) in [6.07, 6.45) is 1.28. The zero-order valence-corrected chi connectivity index (χ0v) is 25.1. The molecule has 6 nitrogen and oxygen atoms in total.